The second-order valence-electron chi connectivity index (χ2n) is 2.42. The lowest BCUT2D eigenvalue weighted by Crippen LogP contribution is -2.04. The first kappa shape index (κ1) is 12.4. The number of thiophene rings is 1. The fraction of sp³-hybridized carbons (Fsp3) is 0.375. The fourth-order valence-electron chi connectivity index (χ4n) is 0.935. The van der Waals surface area contributed by atoms with Crippen LogP contribution in [0.15, 0.2) is 22.7 Å². The molecule has 0 radical (unpaired) electrons. The monoisotopic (exact) mass is 220 g/mol. The zero-order valence-corrected chi connectivity index (χ0v) is 8.77. The molecule has 0 bridgehead atoms. The molecule has 0 saturated heterocycles. The molecule has 1 aromatic rings. The third-order valence-electron chi connectivity index (χ3n) is 1.54. The molecule has 0 aliphatic rings. The molecular weight excluding hydrogens is 208 g/mol. The van der Waals surface area contributed by atoms with E-state index in [0.29, 0.717) is 6.54 Å². The van der Waals surface area contributed by atoms with Gasteiger partial charge >= 0.3 is 0 Å². The lowest BCUT2D eigenvalue weighted by Gasteiger charge is -1.98. The number of hydrogen-bond donors (Lipinski definition) is 2. The van der Waals surface area contributed by atoms with E-state index in [2.05, 4.69) is 5.16 Å². The molecule has 0 saturated carbocycles. The number of rotatable bonds is 4. The van der Waals surface area contributed by atoms with E-state index in [1.807, 2.05) is 17.5 Å². The number of halogens is 1. The van der Waals surface area contributed by atoms with Crippen molar-refractivity contribution in [1.29, 1.82) is 0 Å². The third-order valence-corrected chi connectivity index (χ3v) is 2.46. The predicted molar refractivity (Wildman–Crippen MR) is 58.2 cm³/mol. The summed E-state index contributed by atoms with van der Waals surface area (Å²) in [6.07, 6.45) is 1.60. The molecule has 0 fully saturated rings. The van der Waals surface area contributed by atoms with Gasteiger partial charge in [-0.3, -0.25) is 0 Å². The van der Waals surface area contributed by atoms with E-state index in [1.165, 1.54) is 0 Å². The number of hydrogen-bond acceptors (Lipinski definition) is 4. The van der Waals surface area contributed by atoms with Crippen LogP contribution < -0.4 is 5.73 Å². The molecule has 0 aliphatic carbocycles. The van der Waals surface area contributed by atoms with Gasteiger partial charge in [-0.25, -0.2) is 0 Å². The first-order valence-corrected chi connectivity index (χ1v) is 4.71. The predicted octanol–water partition coefficient (Wildman–Crippen LogP) is 2.09. The molecule has 3 nitrogen and oxygen atoms in total. The summed E-state index contributed by atoms with van der Waals surface area (Å²) < 4.78 is 0. The van der Waals surface area contributed by atoms with Gasteiger partial charge in [0.25, 0.3) is 0 Å². The fourth-order valence-corrected chi connectivity index (χ4v) is 1.67. The molecule has 5 heteroatoms. The van der Waals surface area contributed by atoms with Crippen molar-refractivity contribution in [2.24, 2.45) is 10.9 Å². The van der Waals surface area contributed by atoms with Crippen LogP contribution in [-0.4, -0.2) is 17.5 Å². The second kappa shape index (κ2) is 6.88. The Bertz CT molecular complexity index is 249. The Morgan fingerprint density at radius 3 is 2.85 bits per heavy atom. The number of nitrogens with two attached hydrogens (primary N) is 1. The maximum absolute atomic E-state index is 8.68. The van der Waals surface area contributed by atoms with Gasteiger partial charge in [-0.15, -0.1) is 23.7 Å². The molecule has 1 aromatic heterocycles. The molecule has 0 atom stereocenters. The lowest BCUT2D eigenvalue weighted by molar-refractivity contribution is 0.318. The van der Waals surface area contributed by atoms with Crippen LogP contribution in [0.4, 0.5) is 0 Å². The average molecular weight is 221 g/mol. The van der Waals surface area contributed by atoms with E-state index in [9.17, 15) is 0 Å². The summed E-state index contributed by atoms with van der Waals surface area (Å²) in [5, 5.41) is 13.9. The standard InChI is InChI=1S/C8H12N2OS.ClH/c9-5-1-3-7(10-11)8-4-2-6-12-8;/h2,4,6,11H,1,3,5,9H2;1H/b10-7+;. The van der Waals surface area contributed by atoms with Crippen molar-refractivity contribution in [3.63, 3.8) is 0 Å². The Morgan fingerprint density at radius 1 is 1.62 bits per heavy atom. The highest BCUT2D eigenvalue weighted by atomic mass is 35.5. The Kier molecular flexibility index (Phi) is 6.58. The summed E-state index contributed by atoms with van der Waals surface area (Å²) in [4.78, 5) is 1.02. The highest BCUT2D eigenvalue weighted by Gasteiger charge is 2.03. The molecule has 1 heterocycles. The summed E-state index contributed by atoms with van der Waals surface area (Å²) in [7, 11) is 0. The minimum Gasteiger partial charge on any atom is -0.411 e. The van der Waals surface area contributed by atoms with E-state index < -0.39 is 0 Å². The highest BCUT2D eigenvalue weighted by Crippen LogP contribution is 2.12. The zero-order chi connectivity index (χ0) is 8.81. The molecule has 1 rings (SSSR count). The normalized spacial score (nSPS) is 11.0. The Balaban J connectivity index is 0.00000144. The van der Waals surface area contributed by atoms with Crippen LogP contribution in [0.2, 0.25) is 0 Å². The number of nitrogens with zero attached hydrogens (tertiary/aromatic N) is 1. The van der Waals surface area contributed by atoms with Crippen LogP contribution in [0.3, 0.4) is 0 Å². The van der Waals surface area contributed by atoms with Gasteiger partial charge < -0.3 is 10.9 Å². The highest BCUT2D eigenvalue weighted by molar-refractivity contribution is 7.12. The van der Waals surface area contributed by atoms with Crippen LogP contribution in [0.1, 0.15) is 17.7 Å². The Morgan fingerprint density at radius 2 is 2.38 bits per heavy atom. The maximum Gasteiger partial charge on any atom is 0.0967 e. The molecule has 0 aliphatic heterocycles. The van der Waals surface area contributed by atoms with E-state index in [1.54, 1.807) is 11.3 Å². The topological polar surface area (TPSA) is 58.6 Å². The zero-order valence-electron chi connectivity index (χ0n) is 7.14. The summed E-state index contributed by atoms with van der Waals surface area (Å²) in [5.74, 6) is 0. The average Bonchev–Trinajstić information content (AvgIpc) is 2.59. The van der Waals surface area contributed by atoms with Gasteiger partial charge in [-0.2, -0.15) is 0 Å². The maximum atomic E-state index is 8.68. The molecule has 74 valence electrons. The molecule has 0 amide bonds. The summed E-state index contributed by atoms with van der Waals surface area (Å²) in [5.41, 5.74) is 6.08. The van der Waals surface area contributed by atoms with E-state index in [-0.39, 0.29) is 12.4 Å². The van der Waals surface area contributed by atoms with Gasteiger partial charge in [0, 0.05) is 0 Å². The van der Waals surface area contributed by atoms with Crippen LogP contribution in [-0.2, 0) is 0 Å². The van der Waals surface area contributed by atoms with Gasteiger partial charge in [0.1, 0.15) is 0 Å². The molecule has 0 aromatic carbocycles. The molecule has 3 N–H and O–H groups in total. The molecular formula is C8H13ClN2OS. The van der Waals surface area contributed by atoms with Crippen molar-refractivity contribution in [2.75, 3.05) is 6.54 Å². The molecule has 13 heavy (non-hydrogen) atoms. The minimum absolute atomic E-state index is 0. The summed E-state index contributed by atoms with van der Waals surface area (Å²) in [6.45, 7) is 0.629. The van der Waals surface area contributed by atoms with Crippen LogP contribution >= 0.6 is 23.7 Å². The van der Waals surface area contributed by atoms with Gasteiger partial charge in [0.05, 0.1) is 10.6 Å². The smallest absolute Gasteiger partial charge is 0.0967 e. The summed E-state index contributed by atoms with van der Waals surface area (Å²) in [6, 6.07) is 3.88. The lowest BCUT2D eigenvalue weighted by atomic mass is 10.2. The molecule has 0 spiro atoms. The quantitative estimate of drug-likeness (QED) is 0.464. The largest absolute Gasteiger partial charge is 0.411 e. The van der Waals surface area contributed by atoms with E-state index in [0.717, 1.165) is 23.4 Å². The van der Waals surface area contributed by atoms with Gasteiger partial charge in [-0.05, 0) is 30.8 Å². The van der Waals surface area contributed by atoms with Gasteiger partial charge in [0.15, 0.2) is 0 Å². The van der Waals surface area contributed by atoms with Crippen molar-refractivity contribution in [2.45, 2.75) is 12.8 Å². The van der Waals surface area contributed by atoms with Crippen LogP contribution in [0.5, 0.6) is 0 Å². The third kappa shape index (κ3) is 3.76. The number of oxime groups is 1. The Labute approximate surface area is 87.7 Å². The second-order valence-corrected chi connectivity index (χ2v) is 3.36. The van der Waals surface area contributed by atoms with Crippen molar-refractivity contribution in [3.05, 3.63) is 22.4 Å². The van der Waals surface area contributed by atoms with Crippen LogP contribution in [0.25, 0.3) is 0 Å². The van der Waals surface area contributed by atoms with Crippen molar-refractivity contribution in [1.82, 2.24) is 0 Å². The van der Waals surface area contributed by atoms with Crippen molar-refractivity contribution < 1.29 is 5.21 Å². The van der Waals surface area contributed by atoms with Crippen LogP contribution in [0, 0.1) is 0 Å². The minimum atomic E-state index is 0. The van der Waals surface area contributed by atoms with Gasteiger partial charge in [-0.1, -0.05) is 11.2 Å². The van der Waals surface area contributed by atoms with Crippen molar-refractivity contribution in [3.8, 4) is 0 Å². The van der Waals surface area contributed by atoms with Crippen molar-refractivity contribution >= 4 is 29.5 Å². The SMILES string of the molecule is Cl.NCCC/C(=N\O)c1cccs1. The molecule has 0 unspecified atom stereocenters. The van der Waals surface area contributed by atoms with E-state index >= 15 is 0 Å². The first-order valence-electron chi connectivity index (χ1n) is 3.83. The van der Waals surface area contributed by atoms with Gasteiger partial charge in [0.2, 0.25) is 0 Å². The first-order chi connectivity index (χ1) is 5.88. The Hall–Kier alpha value is -0.580. The van der Waals surface area contributed by atoms with E-state index in [4.69, 9.17) is 10.9 Å². The summed E-state index contributed by atoms with van der Waals surface area (Å²) >= 11 is 1.57.